The van der Waals surface area contributed by atoms with E-state index in [1.165, 1.54) is 23.3 Å². The number of alkyl halides is 3. The first-order valence-electron chi connectivity index (χ1n) is 10.1. The maximum absolute atomic E-state index is 12.7. The molecule has 0 bridgehead atoms. The van der Waals surface area contributed by atoms with Gasteiger partial charge in [0.2, 0.25) is 0 Å². The van der Waals surface area contributed by atoms with Gasteiger partial charge in [-0.1, -0.05) is 30.3 Å². The standard InChI is InChI=1S/C24H23F3N2O2/c25-24(26,27)20-7-9-22(10-8-20)31-16-21(30)15-29-14-19-5-2-1-4-17(19)12-23(29)18-6-3-11-28-13-18/h1-11,13,21,23,30H,12,14-16H2/t21?,23-/m1/s1. The van der Waals surface area contributed by atoms with Crippen molar-refractivity contribution in [1.82, 2.24) is 9.88 Å². The molecule has 31 heavy (non-hydrogen) atoms. The van der Waals surface area contributed by atoms with Crippen LogP contribution < -0.4 is 4.74 Å². The number of benzene rings is 2. The molecule has 0 radical (unpaired) electrons. The topological polar surface area (TPSA) is 45.6 Å². The third-order valence-electron chi connectivity index (χ3n) is 5.48. The van der Waals surface area contributed by atoms with Crippen molar-refractivity contribution in [2.75, 3.05) is 13.2 Å². The molecular weight excluding hydrogens is 405 g/mol. The lowest BCUT2D eigenvalue weighted by Crippen LogP contribution is -2.41. The van der Waals surface area contributed by atoms with E-state index in [1.807, 2.05) is 30.5 Å². The summed E-state index contributed by atoms with van der Waals surface area (Å²) in [5.41, 5.74) is 2.85. The summed E-state index contributed by atoms with van der Waals surface area (Å²) in [6.45, 7) is 1.05. The van der Waals surface area contributed by atoms with E-state index in [0.29, 0.717) is 18.8 Å². The van der Waals surface area contributed by atoms with Crippen molar-refractivity contribution >= 4 is 0 Å². The Bertz CT molecular complexity index is 994. The number of fused-ring (bicyclic) bond motifs is 1. The van der Waals surface area contributed by atoms with E-state index in [2.05, 4.69) is 22.0 Å². The van der Waals surface area contributed by atoms with Crippen LogP contribution in [0.2, 0.25) is 0 Å². The minimum Gasteiger partial charge on any atom is -0.491 e. The van der Waals surface area contributed by atoms with Crippen LogP contribution in [0.15, 0.2) is 73.1 Å². The Hall–Kier alpha value is -2.90. The second-order valence-electron chi connectivity index (χ2n) is 7.69. The molecule has 2 heterocycles. The van der Waals surface area contributed by atoms with Gasteiger partial charge in [0.1, 0.15) is 18.5 Å². The molecule has 0 fully saturated rings. The van der Waals surface area contributed by atoms with Gasteiger partial charge in [0.05, 0.1) is 5.56 Å². The molecule has 1 N–H and O–H groups in total. The van der Waals surface area contributed by atoms with Crippen molar-refractivity contribution in [2.24, 2.45) is 0 Å². The summed E-state index contributed by atoms with van der Waals surface area (Å²) in [5, 5.41) is 10.6. The average Bonchev–Trinajstić information content (AvgIpc) is 2.77. The zero-order valence-electron chi connectivity index (χ0n) is 16.8. The Morgan fingerprint density at radius 3 is 2.45 bits per heavy atom. The van der Waals surface area contributed by atoms with E-state index in [4.69, 9.17) is 4.74 Å². The maximum Gasteiger partial charge on any atom is 0.416 e. The minimum atomic E-state index is -4.39. The first-order chi connectivity index (χ1) is 14.9. The molecule has 1 aliphatic heterocycles. The summed E-state index contributed by atoms with van der Waals surface area (Å²) < 4.78 is 43.6. The third-order valence-corrected chi connectivity index (χ3v) is 5.48. The molecule has 1 unspecified atom stereocenters. The number of rotatable bonds is 6. The van der Waals surface area contributed by atoms with Crippen LogP contribution in [-0.2, 0) is 19.1 Å². The molecule has 0 spiro atoms. The maximum atomic E-state index is 12.7. The molecule has 1 aliphatic rings. The van der Waals surface area contributed by atoms with Crippen molar-refractivity contribution < 1.29 is 23.0 Å². The van der Waals surface area contributed by atoms with Gasteiger partial charge < -0.3 is 9.84 Å². The van der Waals surface area contributed by atoms with Gasteiger partial charge in [-0.2, -0.15) is 13.2 Å². The Kier molecular flexibility index (Phi) is 6.25. The number of hydrogen-bond acceptors (Lipinski definition) is 4. The fourth-order valence-corrected chi connectivity index (χ4v) is 3.93. The van der Waals surface area contributed by atoms with Crippen molar-refractivity contribution in [3.8, 4) is 5.75 Å². The molecule has 4 rings (SSSR count). The molecule has 2 aromatic carbocycles. The van der Waals surface area contributed by atoms with Crippen LogP contribution in [0.25, 0.3) is 0 Å². The fourth-order valence-electron chi connectivity index (χ4n) is 3.93. The number of pyridine rings is 1. The Labute approximate surface area is 178 Å². The lowest BCUT2D eigenvalue weighted by atomic mass is 9.90. The number of halogens is 3. The Morgan fingerprint density at radius 1 is 1.03 bits per heavy atom. The van der Waals surface area contributed by atoms with E-state index in [1.54, 1.807) is 6.20 Å². The predicted molar refractivity (Wildman–Crippen MR) is 110 cm³/mol. The number of hydrogen-bond donors (Lipinski definition) is 1. The molecule has 3 aromatic rings. The summed E-state index contributed by atoms with van der Waals surface area (Å²) in [6.07, 6.45) is -0.793. The second kappa shape index (κ2) is 9.08. The highest BCUT2D eigenvalue weighted by Crippen LogP contribution is 2.33. The molecule has 2 atom stereocenters. The zero-order valence-corrected chi connectivity index (χ0v) is 16.8. The van der Waals surface area contributed by atoms with Crippen LogP contribution in [0, 0.1) is 0 Å². The molecule has 4 nitrogen and oxygen atoms in total. The largest absolute Gasteiger partial charge is 0.491 e. The van der Waals surface area contributed by atoms with Gasteiger partial charge in [-0.15, -0.1) is 0 Å². The van der Waals surface area contributed by atoms with Gasteiger partial charge in [-0.3, -0.25) is 9.88 Å². The molecule has 162 valence electrons. The highest BCUT2D eigenvalue weighted by atomic mass is 19.4. The molecule has 0 saturated heterocycles. The van der Waals surface area contributed by atoms with E-state index in [9.17, 15) is 18.3 Å². The zero-order chi connectivity index (χ0) is 21.8. The highest BCUT2D eigenvalue weighted by Gasteiger charge is 2.30. The monoisotopic (exact) mass is 428 g/mol. The van der Waals surface area contributed by atoms with E-state index >= 15 is 0 Å². The van der Waals surface area contributed by atoms with Crippen LogP contribution in [0.5, 0.6) is 5.75 Å². The van der Waals surface area contributed by atoms with Crippen molar-refractivity contribution in [2.45, 2.75) is 31.3 Å². The molecule has 0 saturated carbocycles. The van der Waals surface area contributed by atoms with Crippen LogP contribution in [-0.4, -0.2) is 34.2 Å². The van der Waals surface area contributed by atoms with E-state index in [-0.39, 0.29) is 12.6 Å². The van der Waals surface area contributed by atoms with Crippen LogP contribution in [0.1, 0.15) is 28.3 Å². The summed E-state index contributed by atoms with van der Waals surface area (Å²) in [6, 6.07) is 16.7. The van der Waals surface area contributed by atoms with Crippen molar-refractivity contribution in [3.05, 3.63) is 95.3 Å². The molecule has 7 heteroatoms. The first-order valence-corrected chi connectivity index (χ1v) is 10.1. The normalized spacial score (nSPS) is 17.7. The number of aliphatic hydroxyl groups excluding tert-OH is 1. The lowest BCUT2D eigenvalue weighted by Gasteiger charge is -2.38. The van der Waals surface area contributed by atoms with Crippen molar-refractivity contribution in [1.29, 1.82) is 0 Å². The smallest absolute Gasteiger partial charge is 0.416 e. The van der Waals surface area contributed by atoms with Gasteiger partial charge in [0, 0.05) is 31.5 Å². The number of aromatic nitrogens is 1. The number of aliphatic hydroxyl groups is 1. The summed E-state index contributed by atoms with van der Waals surface area (Å²) in [4.78, 5) is 6.43. The number of ether oxygens (including phenoxy) is 1. The number of nitrogens with zero attached hydrogens (tertiary/aromatic N) is 2. The first kappa shape index (κ1) is 21.3. The quantitative estimate of drug-likeness (QED) is 0.621. The second-order valence-corrected chi connectivity index (χ2v) is 7.69. The lowest BCUT2D eigenvalue weighted by molar-refractivity contribution is -0.137. The SMILES string of the molecule is OC(COc1ccc(C(F)(F)F)cc1)CN1Cc2ccccc2C[C@@H]1c1cccnc1. The highest BCUT2D eigenvalue weighted by molar-refractivity contribution is 5.33. The van der Waals surface area contributed by atoms with Gasteiger partial charge in [-0.25, -0.2) is 0 Å². The van der Waals surface area contributed by atoms with Gasteiger partial charge in [0.15, 0.2) is 0 Å². The molecular formula is C24H23F3N2O2. The van der Waals surface area contributed by atoms with Gasteiger partial charge in [0.25, 0.3) is 0 Å². The van der Waals surface area contributed by atoms with Gasteiger partial charge in [-0.05, 0) is 53.4 Å². The van der Waals surface area contributed by atoms with Crippen LogP contribution in [0.3, 0.4) is 0 Å². The molecule has 0 aliphatic carbocycles. The molecule has 1 aromatic heterocycles. The Morgan fingerprint density at radius 2 is 1.77 bits per heavy atom. The molecule has 0 amide bonds. The summed E-state index contributed by atoms with van der Waals surface area (Å²) >= 11 is 0. The fraction of sp³-hybridized carbons (Fsp3) is 0.292. The number of β-amino-alcohol motifs (C(OH)–C–C–N with tert-alkyl or cyclic N) is 1. The average molecular weight is 428 g/mol. The Balaban J connectivity index is 1.42. The summed E-state index contributed by atoms with van der Waals surface area (Å²) in [5.74, 6) is 0.292. The van der Waals surface area contributed by atoms with Gasteiger partial charge >= 0.3 is 6.18 Å². The van der Waals surface area contributed by atoms with Crippen LogP contribution >= 0.6 is 0 Å². The van der Waals surface area contributed by atoms with E-state index < -0.39 is 17.8 Å². The third kappa shape index (κ3) is 5.24. The predicted octanol–water partition coefficient (Wildman–Crippen LogP) is 4.64. The van der Waals surface area contributed by atoms with Crippen LogP contribution in [0.4, 0.5) is 13.2 Å². The van der Waals surface area contributed by atoms with Crippen molar-refractivity contribution in [3.63, 3.8) is 0 Å². The summed E-state index contributed by atoms with van der Waals surface area (Å²) in [7, 11) is 0. The minimum absolute atomic E-state index is 0.0106. The van der Waals surface area contributed by atoms with E-state index in [0.717, 1.165) is 24.1 Å².